The molecule has 0 bridgehead atoms. The number of pyridine rings is 1. The highest BCUT2D eigenvalue weighted by Crippen LogP contribution is 2.35. The maximum atomic E-state index is 6.36. The van der Waals surface area contributed by atoms with Gasteiger partial charge in [-0.3, -0.25) is 0 Å². The predicted molar refractivity (Wildman–Crippen MR) is 97.5 cm³/mol. The van der Waals surface area contributed by atoms with E-state index in [0.29, 0.717) is 10.0 Å². The van der Waals surface area contributed by atoms with Gasteiger partial charge in [-0.2, -0.15) is 0 Å². The number of aryl methyl sites for hydroxylation is 1. The number of nitrogens with zero attached hydrogens (tertiary/aromatic N) is 1. The van der Waals surface area contributed by atoms with Gasteiger partial charge in [0.2, 0.25) is 0 Å². The lowest BCUT2D eigenvalue weighted by molar-refractivity contribution is 1.10. The number of rotatable bonds is 3. The lowest BCUT2D eigenvalue weighted by Crippen LogP contribution is -1.91. The summed E-state index contributed by atoms with van der Waals surface area (Å²) in [6, 6.07) is 13.5. The standard InChI is InChI=1S/C17H12Cl3NS/c1-10-16(20)14-7-6-13(19)8-15(14)17(21-10)22-9-11-2-4-12(18)5-3-11/h2-8H,9H2,1H3. The van der Waals surface area contributed by atoms with Crippen LogP contribution in [0.25, 0.3) is 10.8 Å². The Balaban J connectivity index is 1.97. The van der Waals surface area contributed by atoms with Gasteiger partial charge in [0.1, 0.15) is 5.03 Å². The van der Waals surface area contributed by atoms with Crippen LogP contribution in [0.15, 0.2) is 47.5 Å². The molecule has 0 aliphatic rings. The molecule has 22 heavy (non-hydrogen) atoms. The molecular formula is C17H12Cl3NS. The topological polar surface area (TPSA) is 12.9 Å². The van der Waals surface area contributed by atoms with Gasteiger partial charge >= 0.3 is 0 Å². The Bertz CT molecular complexity index is 831. The SMILES string of the molecule is Cc1nc(SCc2ccc(Cl)cc2)c2cc(Cl)ccc2c1Cl. The molecule has 2 aromatic carbocycles. The summed E-state index contributed by atoms with van der Waals surface area (Å²) >= 11 is 20.1. The minimum atomic E-state index is 0.683. The first kappa shape index (κ1) is 15.9. The van der Waals surface area contributed by atoms with Crippen LogP contribution in [0, 0.1) is 6.92 Å². The van der Waals surface area contributed by atoms with E-state index in [4.69, 9.17) is 34.8 Å². The Hall–Kier alpha value is -0.930. The molecule has 1 aromatic heterocycles. The molecule has 5 heteroatoms. The first-order valence-electron chi connectivity index (χ1n) is 6.67. The number of halogens is 3. The fourth-order valence-corrected chi connectivity index (χ4v) is 3.71. The van der Waals surface area contributed by atoms with E-state index in [1.807, 2.05) is 49.4 Å². The molecule has 0 aliphatic heterocycles. The fraction of sp³-hybridized carbons (Fsp3) is 0.118. The van der Waals surface area contributed by atoms with Gasteiger partial charge in [-0.15, -0.1) is 11.8 Å². The van der Waals surface area contributed by atoms with Crippen molar-refractivity contribution >= 4 is 57.3 Å². The van der Waals surface area contributed by atoms with Crippen molar-refractivity contribution in [1.82, 2.24) is 4.98 Å². The molecule has 3 aromatic rings. The van der Waals surface area contributed by atoms with Crippen molar-refractivity contribution < 1.29 is 0 Å². The zero-order valence-electron chi connectivity index (χ0n) is 11.7. The molecule has 0 N–H and O–H groups in total. The summed E-state index contributed by atoms with van der Waals surface area (Å²) in [6.45, 7) is 1.92. The van der Waals surface area contributed by atoms with Crippen LogP contribution in [0.3, 0.4) is 0 Å². The maximum Gasteiger partial charge on any atom is 0.105 e. The van der Waals surface area contributed by atoms with Crippen molar-refractivity contribution in [1.29, 1.82) is 0 Å². The number of thioether (sulfide) groups is 1. The summed E-state index contributed by atoms with van der Waals surface area (Å²) in [5, 5.41) is 5.02. The molecule has 0 saturated heterocycles. The monoisotopic (exact) mass is 367 g/mol. The summed E-state index contributed by atoms with van der Waals surface area (Å²) in [6.07, 6.45) is 0. The average Bonchev–Trinajstić information content (AvgIpc) is 2.51. The summed E-state index contributed by atoms with van der Waals surface area (Å²) in [5.41, 5.74) is 2.02. The number of hydrogen-bond donors (Lipinski definition) is 0. The van der Waals surface area contributed by atoms with Gasteiger partial charge in [0.15, 0.2) is 0 Å². The van der Waals surface area contributed by atoms with E-state index in [2.05, 4.69) is 4.98 Å². The molecule has 0 radical (unpaired) electrons. The molecule has 112 valence electrons. The van der Waals surface area contributed by atoms with Crippen molar-refractivity contribution in [3.05, 3.63) is 68.8 Å². The van der Waals surface area contributed by atoms with Gasteiger partial charge in [0.05, 0.1) is 10.7 Å². The van der Waals surface area contributed by atoms with Gasteiger partial charge in [-0.1, -0.05) is 53.0 Å². The molecule has 0 aliphatic carbocycles. The first-order valence-corrected chi connectivity index (χ1v) is 8.79. The highest BCUT2D eigenvalue weighted by Gasteiger charge is 2.11. The van der Waals surface area contributed by atoms with E-state index in [1.54, 1.807) is 11.8 Å². The first-order chi connectivity index (χ1) is 10.5. The minimum absolute atomic E-state index is 0.683. The second kappa shape index (κ2) is 6.67. The van der Waals surface area contributed by atoms with Crippen molar-refractivity contribution in [2.24, 2.45) is 0 Å². The molecule has 0 spiro atoms. The van der Waals surface area contributed by atoms with Crippen LogP contribution in [0.1, 0.15) is 11.3 Å². The number of hydrogen-bond acceptors (Lipinski definition) is 2. The average molecular weight is 369 g/mol. The van der Waals surface area contributed by atoms with Crippen LogP contribution in [0.4, 0.5) is 0 Å². The van der Waals surface area contributed by atoms with Crippen LogP contribution in [0.2, 0.25) is 15.1 Å². The Kier molecular flexibility index (Phi) is 4.84. The van der Waals surface area contributed by atoms with Gasteiger partial charge in [0, 0.05) is 26.6 Å². The minimum Gasteiger partial charge on any atom is -0.245 e. The Labute approximate surface area is 148 Å². The van der Waals surface area contributed by atoms with Crippen molar-refractivity contribution in [3.8, 4) is 0 Å². The van der Waals surface area contributed by atoms with E-state index >= 15 is 0 Å². The van der Waals surface area contributed by atoms with Crippen LogP contribution < -0.4 is 0 Å². The second-order valence-electron chi connectivity index (χ2n) is 4.92. The Morgan fingerprint density at radius 3 is 2.32 bits per heavy atom. The molecule has 1 nitrogen and oxygen atoms in total. The van der Waals surface area contributed by atoms with Crippen LogP contribution in [-0.2, 0) is 5.75 Å². The number of fused-ring (bicyclic) bond motifs is 1. The molecule has 0 saturated carbocycles. The highest BCUT2D eigenvalue weighted by atomic mass is 35.5. The van der Waals surface area contributed by atoms with E-state index in [0.717, 1.165) is 32.3 Å². The molecule has 0 unspecified atom stereocenters. The van der Waals surface area contributed by atoms with Gasteiger partial charge in [-0.25, -0.2) is 4.98 Å². The molecular weight excluding hydrogens is 357 g/mol. The van der Waals surface area contributed by atoms with Crippen LogP contribution in [0.5, 0.6) is 0 Å². The fourth-order valence-electron chi connectivity index (χ4n) is 2.18. The van der Waals surface area contributed by atoms with Gasteiger partial charge in [0.25, 0.3) is 0 Å². The summed E-state index contributed by atoms with van der Waals surface area (Å²) < 4.78 is 0. The molecule has 1 heterocycles. The number of benzene rings is 2. The molecule has 0 amide bonds. The van der Waals surface area contributed by atoms with Gasteiger partial charge < -0.3 is 0 Å². The van der Waals surface area contributed by atoms with E-state index in [9.17, 15) is 0 Å². The second-order valence-corrected chi connectivity index (χ2v) is 7.14. The highest BCUT2D eigenvalue weighted by molar-refractivity contribution is 7.98. The van der Waals surface area contributed by atoms with E-state index < -0.39 is 0 Å². The molecule has 0 atom stereocenters. The summed E-state index contributed by atoms with van der Waals surface area (Å²) in [7, 11) is 0. The Morgan fingerprint density at radius 1 is 0.909 bits per heavy atom. The lowest BCUT2D eigenvalue weighted by atomic mass is 10.1. The third kappa shape index (κ3) is 3.36. The molecule has 0 fully saturated rings. The zero-order chi connectivity index (χ0) is 15.7. The summed E-state index contributed by atoms with van der Waals surface area (Å²) in [4.78, 5) is 4.62. The van der Waals surface area contributed by atoms with Crippen molar-refractivity contribution in [2.45, 2.75) is 17.7 Å². The molecule has 3 rings (SSSR count). The third-order valence-corrected chi connectivity index (χ3v) is 5.35. The normalized spacial score (nSPS) is 11.1. The third-order valence-electron chi connectivity index (χ3n) is 3.32. The lowest BCUT2D eigenvalue weighted by Gasteiger charge is -2.10. The number of aromatic nitrogens is 1. The maximum absolute atomic E-state index is 6.36. The quantitative estimate of drug-likeness (QED) is 0.472. The van der Waals surface area contributed by atoms with Crippen molar-refractivity contribution in [3.63, 3.8) is 0 Å². The van der Waals surface area contributed by atoms with E-state index in [-0.39, 0.29) is 0 Å². The largest absolute Gasteiger partial charge is 0.245 e. The van der Waals surface area contributed by atoms with Crippen LogP contribution in [-0.4, -0.2) is 4.98 Å². The van der Waals surface area contributed by atoms with E-state index in [1.165, 1.54) is 5.56 Å². The summed E-state index contributed by atoms with van der Waals surface area (Å²) in [5.74, 6) is 0.812. The zero-order valence-corrected chi connectivity index (χ0v) is 14.8. The Morgan fingerprint density at radius 2 is 1.59 bits per heavy atom. The van der Waals surface area contributed by atoms with Crippen molar-refractivity contribution in [2.75, 3.05) is 0 Å². The predicted octanol–water partition coefficient (Wildman–Crippen LogP) is 6.80. The van der Waals surface area contributed by atoms with Crippen LogP contribution >= 0.6 is 46.6 Å². The smallest absolute Gasteiger partial charge is 0.105 e. The van der Waals surface area contributed by atoms with Gasteiger partial charge in [-0.05, 0) is 36.8 Å².